The lowest BCUT2D eigenvalue weighted by molar-refractivity contribution is -0.115. The number of aliphatic hydroxyl groups is 1. The average Bonchev–Trinajstić information content (AvgIpc) is 2.44. The van der Waals surface area contributed by atoms with Crippen LogP contribution in [-0.2, 0) is 17.8 Å². The highest BCUT2D eigenvalue weighted by Crippen LogP contribution is 2.18. The SMILES string of the molecule is Cc1ccc(CO)cc1NC(=O)Cc1ccc(F)cc1F. The molecule has 0 spiro atoms. The van der Waals surface area contributed by atoms with Crippen molar-refractivity contribution in [2.24, 2.45) is 0 Å². The number of aryl methyl sites for hydroxylation is 1. The lowest BCUT2D eigenvalue weighted by Gasteiger charge is -2.10. The van der Waals surface area contributed by atoms with E-state index in [-0.39, 0.29) is 18.6 Å². The van der Waals surface area contributed by atoms with Crippen molar-refractivity contribution < 1.29 is 18.7 Å². The van der Waals surface area contributed by atoms with Crippen LogP contribution in [0.4, 0.5) is 14.5 Å². The fraction of sp³-hybridized carbons (Fsp3) is 0.188. The van der Waals surface area contributed by atoms with Gasteiger partial charge in [-0.15, -0.1) is 0 Å². The predicted octanol–water partition coefficient (Wildman–Crippen LogP) is 2.95. The topological polar surface area (TPSA) is 49.3 Å². The van der Waals surface area contributed by atoms with Gasteiger partial charge in [-0.1, -0.05) is 18.2 Å². The first-order valence-corrected chi connectivity index (χ1v) is 6.44. The number of hydrogen-bond donors (Lipinski definition) is 2. The van der Waals surface area contributed by atoms with E-state index in [1.165, 1.54) is 6.07 Å². The highest BCUT2D eigenvalue weighted by molar-refractivity contribution is 5.93. The minimum atomic E-state index is -0.744. The van der Waals surface area contributed by atoms with Crippen molar-refractivity contribution in [3.63, 3.8) is 0 Å². The van der Waals surface area contributed by atoms with E-state index in [2.05, 4.69) is 5.32 Å². The van der Waals surface area contributed by atoms with Crippen LogP contribution in [0.15, 0.2) is 36.4 Å². The third-order valence-electron chi connectivity index (χ3n) is 3.12. The van der Waals surface area contributed by atoms with E-state index >= 15 is 0 Å². The van der Waals surface area contributed by atoms with Crippen molar-refractivity contribution >= 4 is 11.6 Å². The Morgan fingerprint density at radius 2 is 1.95 bits per heavy atom. The molecule has 21 heavy (non-hydrogen) atoms. The summed E-state index contributed by atoms with van der Waals surface area (Å²) in [6.07, 6.45) is -0.186. The Kier molecular flexibility index (Phi) is 4.65. The molecule has 3 nitrogen and oxygen atoms in total. The van der Waals surface area contributed by atoms with E-state index in [0.717, 1.165) is 17.7 Å². The number of aliphatic hydroxyl groups excluding tert-OH is 1. The number of benzene rings is 2. The highest BCUT2D eigenvalue weighted by atomic mass is 19.1. The van der Waals surface area contributed by atoms with Crippen LogP contribution in [0.1, 0.15) is 16.7 Å². The lowest BCUT2D eigenvalue weighted by Crippen LogP contribution is -2.16. The first kappa shape index (κ1) is 15.1. The number of anilines is 1. The monoisotopic (exact) mass is 291 g/mol. The van der Waals surface area contributed by atoms with Crippen LogP contribution in [0.5, 0.6) is 0 Å². The molecule has 2 aromatic carbocycles. The molecule has 0 fully saturated rings. The molecule has 0 aliphatic heterocycles. The van der Waals surface area contributed by atoms with Gasteiger partial charge in [0.1, 0.15) is 11.6 Å². The molecule has 0 bridgehead atoms. The third-order valence-corrected chi connectivity index (χ3v) is 3.12. The predicted molar refractivity (Wildman–Crippen MR) is 75.8 cm³/mol. The van der Waals surface area contributed by atoms with Crippen LogP contribution < -0.4 is 5.32 Å². The third kappa shape index (κ3) is 3.86. The van der Waals surface area contributed by atoms with Gasteiger partial charge in [-0.25, -0.2) is 8.78 Å². The van der Waals surface area contributed by atoms with E-state index in [1.807, 2.05) is 6.92 Å². The van der Waals surface area contributed by atoms with Crippen LogP contribution in [0.25, 0.3) is 0 Å². The van der Waals surface area contributed by atoms with Gasteiger partial charge in [0.05, 0.1) is 13.0 Å². The van der Waals surface area contributed by atoms with E-state index in [9.17, 15) is 13.6 Å². The lowest BCUT2D eigenvalue weighted by atomic mass is 10.1. The van der Waals surface area contributed by atoms with Gasteiger partial charge in [-0.3, -0.25) is 4.79 Å². The Morgan fingerprint density at radius 1 is 1.19 bits per heavy atom. The number of hydrogen-bond acceptors (Lipinski definition) is 2. The molecular formula is C16H15F2NO2. The summed E-state index contributed by atoms with van der Waals surface area (Å²) in [5.74, 6) is -1.83. The Bertz CT molecular complexity index is 671. The fourth-order valence-electron chi connectivity index (χ4n) is 1.93. The molecule has 0 aliphatic rings. The first-order chi connectivity index (χ1) is 9.99. The van der Waals surface area contributed by atoms with Gasteiger partial charge < -0.3 is 10.4 Å². The van der Waals surface area contributed by atoms with Crippen molar-refractivity contribution in [2.45, 2.75) is 20.0 Å². The summed E-state index contributed by atoms with van der Waals surface area (Å²) >= 11 is 0. The number of rotatable bonds is 4. The molecule has 1 amide bonds. The van der Waals surface area contributed by atoms with Crippen LogP contribution in [0.3, 0.4) is 0 Å². The van der Waals surface area contributed by atoms with E-state index in [0.29, 0.717) is 11.3 Å². The van der Waals surface area contributed by atoms with Gasteiger partial charge in [0.15, 0.2) is 0 Å². The molecule has 2 aromatic rings. The number of carbonyl (C=O) groups excluding carboxylic acids is 1. The van der Waals surface area contributed by atoms with Crippen molar-refractivity contribution in [2.75, 3.05) is 5.32 Å². The van der Waals surface area contributed by atoms with Crippen LogP contribution >= 0.6 is 0 Å². The number of carbonyl (C=O) groups is 1. The molecule has 0 saturated carbocycles. The normalized spacial score (nSPS) is 10.5. The maximum Gasteiger partial charge on any atom is 0.228 e. The Balaban J connectivity index is 2.11. The molecule has 0 aliphatic carbocycles. The number of nitrogens with one attached hydrogen (secondary N) is 1. The molecule has 5 heteroatoms. The molecule has 0 atom stereocenters. The summed E-state index contributed by atoms with van der Waals surface area (Å²) in [6.45, 7) is 1.69. The largest absolute Gasteiger partial charge is 0.392 e. The van der Waals surface area contributed by atoms with E-state index < -0.39 is 17.5 Å². The minimum Gasteiger partial charge on any atom is -0.392 e. The zero-order valence-electron chi connectivity index (χ0n) is 11.5. The fourth-order valence-corrected chi connectivity index (χ4v) is 1.93. The minimum absolute atomic E-state index is 0.129. The molecule has 0 unspecified atom stereocenters. The summed E-state index contributed by atoms with van der Waals surface area (Å²) in [6, 6.07) is 8.31. The number of halogens is 2. The van der Waals surface area contributed by atoms with Gasteiger partial charge in [0, 0.05) is 11.8 Å². The van der Waals surface area contributed by atoms with Crippen LogP contribution in [-0.4, -0.2) is 11.0 Å². The zero-order chi connectivity index (χ0) is 15.4. The van der Waals surface area contributed by atoms with Gasteiger partial charge >= 0.3 is 0 Å². The summed E-state index contributed by atoms with van der Waals surface area (Å²) < 4.78 is 26.3. The van der Waals surface area contributed by atoms with Crippen molar-refractivity contribution in [3.05, 3.63) is 64.7 Å². The molecule has 0 saturated heterocycles. The highest BCUT2D eigenvalue weighted by Gasteiger charge is 2.10. The van der Waals surface area contributed by atoms with Gasteiger partial charge in [-0.2, -0.15) is 0 Å². The second-order valence-electron chi connectivity index (χ2n) is 4.77. The van der Waals surface area contributed by atoms with Gasteiger partial charge in [-0.05, 0) is 35.7 Å². The first-order valence-electron chi connectivity index (χ1n) is 6.44. The summed E-state index contributed by atoms with van der Waals surface area (Å²) in [5, 5.41) is 11.8. The summed E-state index contributed by atoms with van der Waals surface area (Å²) in [5.41, 5.74) is 2.20. The molecule has 0 radical (unpaired) electrons. The molecular weight excluding hydrogens is 276 g/mol. The van der Waals surface area contributed by atoms with E-state index in [1.54, 1.807) is 18.2 Å². The maximum absolute atomic E-state index is 13.5. The summed E-state index contributed by atoms with van der Waals surface area (Å²) in [7, 11) is 0. The molecule has 2 N–H and O–H groups in total. The van der Waals surface area contributed by atoms with E-state index in [4.69, 9.17) is 5.11 Å². The van der Waals surface area contributed by atoms with Crippen molar-refractivity contribution in [1.82, 2.24) is 0 Å². The zero-order valence-corrected chi connectivity index (χ0v) is 11.5. The second-order valence-corrected chi connectivity index (χ2v) is 4.77. The average molecular weight is 291 g/mol. The molecule has 0 heterocycles. The quantitative estimate of drug-likeness (QED) is 0.910. The maximum atomic E-state index is 13.5. The van der Waals surface area contributed by atoms with Crippen molar-refractivity contribution in [3.8, 4) is 0 Å². The van der Waals surface area contributed by atoms with Crippen molar-refractivity contribution in [1.29, 1.82) is 0 Å². The Morgan fingerprint density at radius 3 is 2.62 bits per heavy atom. The van der Waals surface area contributed by atoms with Gasteiger partial charge in [0.25, 0.3) is 0 Å². The Hall–Kier alpha value is -2.27. The standard InChI is InChI=1S/C16H15F2NO2/c1-10-2-3-11(9-20)6-15(10)19-16(21)7-12-4-5-13(17)8-14(12)18/h2-6,8,20H,7,9H2,1H3,(H,19,21). The Labute approximate surface area is 121 Å². The van der Waals surface area contributed by atoms with Crippen LogP contribution in [0, 0.1) is 18.6 Å². The second kappa shape index (κ2) is 6.45. The van der Waals surface area contributed by atoms with Gasteiger partial charge in [0.2, 0.25) is 5.91 Å². The molecule has 110 valence electrons. The number of amides is 1. The molecule has 2 rings (SSSR count). The van der Waals surface area contributed by atoms with Crippen LogP contribution in [0.2, 0.25) is 0 Å². The smallest absolute Gasteiger partial charge is 0.228 e. The summed E-state index contributed by atoms with van der Waals surface area (Å²) in [4.78, 5) is 11.9. The molecule has 0 aromatic heterocycles.